The Labute approximate surface area is 122 Å². The number of hydrogen-bond donors (Lipinski definition) is 2. The van der Waals surface area contributed by atoms with Crippen LogP contribution in [0.3, 0.4) is 0 Å². The van der Waals surface area contributed by atoms with Gasteiger partial charge in [-0.05, 0) is 31.7 Å². The maximum absolute atomic E-state index is 11.8. The molecule has 21 heavy (non-hydrogen) atoms. The van der Waals surface area contributed by atoms with Crippen LogP contribution < -0.4 is 5.32 Å². The number of aromatic hydroxyl groups is 1. The highest BCUT2D eigenvalue weighted by Crippen LogP contribution is 2.28. The number of amides is 1. The summed E-state index contributed by atoms with van der Waals surface area (Å²) in [6, 6.07) is 3.57. The van der Waals surface area contributed by atoms with Gasteiger partial charge >= 0.3 is 0 Å². The lowest BCUT2D eigenvalue weighted by atomic mass is 10.0. The molecule has 0 radical (unpaired) electrons. The molecule has 7 nitrogen and oxygen atoms in total. The fourth-order valence-corrected chi connectivity index (χ4v) is 2.28. The predicted octanol–water partition coefficient (Wildman–Crippen LogP) is 2.59. The lowest BCUT2D eigenvalue weighted by Crippen LogP contribution is -2.21. The van der Waals surface area contributed by atoms with E-state index in [1.54, 1.807) is 0 Å². The maximum Gasteiger partial charge on any atom is 0.273 e. The van der Waals surface area contributed by atoms with Crippen LogP contribution in [0.2, 0.25) is 0 Å². The first-order valence-electron chi connectivity index (χ1n) is 6.95. The average Bonchev–Trinajstić information content (AvgIpc) is 2.48. The second-order valence-corrected chi connectivity index (χ2v) is 5.03. The SMILES string of the molecule is O=C(CCC1CCCCO1)Nc1ccc([N+](=O)[O-])cc1O. The number of hydrogen-bond acceptors (Lipinski definition) is 5. The number of benzene rings is 1. The molecule has 114 valence electrons. The van der Waals surface area contributed by atoms with E-state index in [2.05, 4.69) is 5.32 Å². The van der Waals surface area contributed by atoms with E-state index in [9.17, 15) is 20.0 Å². The maximum atomic E-state index is 11.8. The third kappa shape index (κ3) is 4.42. The number of carbonyl (C=O) groups is 1. The van der Waals surface area contributed by atoms with Gasteiger partial charge in [0.05, 0.1) is 22.8 Å². The van der Waals surface area contributed by atoms with Crippen molar-refractivity contribution in [3.8, 4) is 5.75 Å². The number of nitro benzene ring substituents is 1. The topological polar surface area (TPSA) is 102 Å². The van der Waals surface area contributed by atoms with Gasteiger partial charge in [0.1, 0.15) is 5.75 Å². The van der Waals surface area contributed by atoms with Crippen molar-refractivity contribution in [1.82, 2.24) is 0 Å². The van der Waals surface area contributed by atoms with Crippen molar-refractivity contribution in [1.29, 1.82) is 0 Å². The Morgan fingerprint density at radius 2 is 2.29 bits per heavy atom. The van der Waals surface area contributed by atoms with Crippen LogP contribution in [0.1, 0.15) is 32.1 Å². The zero-order valence-electron chi connectivity index (χ0n) is 11.6. The molecule has 1 aromatic carbocycles. The normalized spacial score (nSPS) is 18.2. The largest absolute Gasteiger partial charge is 0.506 e. The Balaban J connectivity index is 1.85. The number of ether oxygens (including phenoxy) is 1. The molecule has 0 aliphatic carbocycles. The summed E-state index contributed by atoms with van der Waals surface area (Å²) in [4.78, 5) is 21.8. The van der Waals surface area contributed by atoms with E-state index < -0.39 is 4.92 Å². The summed E-state index contributed by atoms with van der Waals surface area (Å²) in [6.45, 7) is 0.745. The number of anilines is 1. The number of rotatable bonds is 5. The van der Waals surface area contributed by atoms with Crippen molar-refractivity contribution in [2.24, 2.45) is 0 Å². The fraction of sp³-hybridized carbons (Fsp3) is 0.500. The minimum atomic E-state index is -0.605. The van der Waals surface area contributed by atoms with Gasteiger partial charge in [-0.1, -0.05) is 0 Å². The molecule has 2 rings (SSSR count). The molecule has 1 amide bonds. The van der Waals surface area contributed by atoms with Gasteiger partial charge < -0.3 is 15.2 Å². The Hall–Kier alpha value is -2.15. The molecular formula is C14H18N2O5. The summed E-state index contributed by atoms with van der Waals surface area (Å²) in [5.41, 5.74) is -0.0451. The highest BCUT2D eigenvalue weighted by atomic mass is 16.6. The monoisotopic (exact) mass is 294 g/mol. The molecule has 1 saturated heterocycles. The molecule has 0 spiro atoms. The Morgan fingerprint density at radius 1 is 1.48 bits per heavy atom. The predicted molar refractivity (Wildman–Crippen MR) is 76.2 cm³/mol. The highest BCUT2D eigenvalue weighted by molar-refractivity contribution is 5.92. The summed E-state index contributed by atoms with van der Waals surface area (Å²) in [7, 11) is 0. The summed E-state index contributed by atoms with van der Waals surface area (Å²) in [6.07, 6.45) is 4.21. The third-order valence-corrected chi connectivity index (χ3v) is 3.43. The summed E-state index contributed by atoms with van der Waals surface area (Å²) in [5, 5.41) is 22.8. The van der Waals surface area contributed by atoms with Crippen molar-refractivity contribution in [3.05, 3.63) is 28.3 Å². The number of nitrogens with zero attached hydrogens (tertiary/aromatic N) is 1. The number of nitrogens with one attached hydrogen (secondary N) is 1. The number of non-ortho nitro benzene ring substituents is 1. The first kappa shape index (κ1) is 15.2. The van der Waals surface area contributed by atoms with Crippen molar-refractivity contribution in [3.63, 3.8) is 0 Å². The zero-order valence-corrected chi connectivity index (χ0v) is 11.6. The number of phenols is 1. The van der Waals surface area contributed by atoms with Crippen LogP contribution in [0.15, 0.2) is 18.2 Å². The molecule has 1 aliphatic rings. The smallest absolute Gasteiger partial charge is 0.273 e. The fourth-order valence-electron chi connectivity index (χ4n) is 2.28. The van der Waals surface area contributed by atoms with Crippen LogP contribution >= 0.6 is 0 Å². The second-order valence-electron chi connectivity index (χ2n) is 5.03. The standard InChI is InChI=1S/C14H18N2O5/c17-13-9-10(16(19)20)4-6-12(13)15-14(18)7-5-11-3-1-2-8-21-11/h4,6,9,11,17H,1-3,5,7-8H2,(H,15,18). The molecule has 7 heteroatoms. The molecule has 0 bridgehead atoms. The average molecular weight is 294 g/mol. The highest BCUT2D eigenvalue weighted by Gasteiger charge is 2.16. The molecule has 1 aromatic rings. The van der Waals surface area contributed by atoms with Gasteiger partial charge in [0.15, 0.2) is 0 Å². The molecule has 1 fully saturated rings. The van der Waals surface area contributed by atoms with Crippen LogP contribution in [0, 0.1) is 10.1 Å². The Morgan fingerprint density at radius 3 is 2.90 bits per heavy atom. The molecule has 1 heterocycles. The molecule has 1 unspecified atom stereocenters. The number of carbonyl (C=O) groups excluding carboxylic acids is 1. The molecule has 2 N–H and O–H groups in total. The summed E-state index contributed by atoms with van der Waals surface area (Å²) < 4.78 is 5.54. The first-order chi connectivity index (χ1) is 10.1. The number of nitro groups is 1. The van der Waals surface area contributed by atoms with Crippen LogP contribution in [0.25, 0.3) is 0 Å². The summed E-state index contributed by atoms with van der Waals surface area (Å²) in [5.74, 6) is -0.556. The lowest BCUT2D eigenvalue weighted by molar-refractivity contribution is -0.384. The minimum Gasteiger partial charge on any atom is -0.506 e. The Kier molecular flexibility index (Phi) is 5.10. The van der Waals surface area contributed by atoms with Gasteiger partial charge in [-0.25, -0.2) is 0 Å². The van der Waals surface area contributed by atoms with E-state index >= 15 is 0 Å². The Bertz CT molecular complexity index is 526. The van der Waals surface area contributed by atoms with Crippen molar-refractivity contribution in [2.45, 2.75) is 38.2 Å². The van der Waals surface area contributed by atoms with Gasteiger partial charge in [0, 0.05) is 19.1 Å². The third-order valence-electron chi connectivity index (χ3n) is 3.43. The van der Waals surface area contributed by atoms with Crippen LogP contribution in [0.4, 0.5) is 11.4 Å². The van der Waals surface area contributed by atoms with Gasteiger partial charge in [-0.2, -0.15) is 0 Å². The van der Waals surface area contributed by atoms with Gasteiger partial charge in [-0.3, -0.25) is 14.9 Å². The summed E-state index contributed by atoms with van der Waals surface area (Å²) >= 11 is 0. The van der Waals surface area contributed by atoms with E-state index in [1.165, 1.54) is 12.1 Å². The quantitative estimate of drug-likeness (QED) is 0.493. The van der Waals surface area contributed by atoms with Crippen LogP contribution in [-0.4, -0.2) is 28.6 Å². The van der Waals surface area contributed by atoms with E-state index in [4.69, 9.17) is 4.74 Å². The molecular weight excluding hydrogens is 276 g/mol. The zero-order chi connectivity index (χ0) is 15.2. The second kappa shape index (κ2) is 7.03. The lowest BCUT2D eigenvalue weighted by Gasteiger charge is -2.22. The van der Waals surface area contributed by atoms with E-state index in [-0.39, 0.29) is 29.1 Å². The van der Waals surface area contributed by atoms with Crippen molar-refractivity contribution >= 4 is 17.3 Å². The molecule has 1 aliphatic heterocycles. The van der Waals surface area contributed by atoms with E-state index in [1.807, 2.05) is 0 Å². The minimum absolute atomic E-state index is 0.120. The van der Waals surface area contributed by atoms with Gasteiger partial charge in [0.25, 0.3) is 5.69 Å². The van der Waals surface area contributed by atoms with E-state index in [0.717, 1.165) is 31.9 Å². The van der Waals surface area contributed by atoms with Gasteiger partial charge in [0.2, 0.25) is 5.91 Å². The molecule has 0 aromatic heterocycles. The van der Waals surface area contributed by atoms with Gasteiger partial charge in [-0.15, -0.1) is 0 Å². The van der Waals surface area contributed by atoms with Crippen LogP contribution in [-0.2, 0) is 9.53 Å². The molecule has 0 saturated carbocycles. The van der Waals surface area contributed by atoms with Crippen molar-refractivity contribution in [2.75, 3.05) is 11.9 Å². The van der Waals surface area contributed by atoms with Crippen molar-refractivity contribution < 1.29 is 19.6 Å². The first-order valence-corrected chi connectivity index (χ1v) is 6.95. The number of phenolic OH excluding ortho intramolecular Hbond substituents is 1. The molecule has 1 atom stereocenters. The van der Waals surface area contributed by atoms with Crippen LogP contribution in [0.5, 0.6) is 5.75 Å². The van der Waals surface area contributed by atoms with E-state index in [0.29, 0.717) is 12.8 Å².